The van der Waals surface area contributed by atoms with Crippen molar-refractivity contribution in [2.24, 2.45) is 0 Å². The molecule has 5 heteroatoms. The van der Waals surface area contributed by atoms with Crippen LogP contribution in [0.25, 0.3) is 5.65 Å². The van der Waals surface area contributed by atoms with Crippen LogP contribution in [0.2, 0.25) is 0 Å². The number of imidazole rings is 1. The number of nitrogens with zero attached hydrogens (tertiary/aromatic N) is 2. The topological polar surface area (TPSA) is 55.6 Å². The van der Waals surface area contributed by atoms with Crippen molar-refractivity contribution in [3.05, 3.63) is 65.5 Å². The van der Waals surface area contributed by atoms with E-state index in [2.05, 4.69) is 24.4 Å². The van der Waals surface area contributed by atoms with Gasteiger partial charge in [-0.05, 0) is 31.5 Å². The molecule has 0 radical (unpaired) electrons. The summed E-state index contributed by atoms with van der Waals surface area (Å²) in [4.78, 5) is 16.6. The fourth-order valence-corrected chi connectivity index (χ4v) is 3.01. The summed E-state index contributed by atoms with van der Waals surface area (Å²) in [6.45, 7) is 6.45. The van der Waals surface area contributed by atoms with Crippen molar-refractivity contribution >= 4 is 17.4 Å². The third-order valence-corrected chi connectivity index (χ3v) is 4.28. The molecule has 0 saturated heterocycles. The van der Waals surface area contributed by atoms with E-state index in [1.54, 1.807) is 6.92 Å². The van der Waals surface area contributed by atoms with Crippen LogP contribution in [0.5, 0.6) is 0 Å². The van der Waals surface area contributed by atoms with Gasteiger partial charge in [-0.1, -0.05) is 43.3 Å². The van der Waals surface area contributed by atoms with Gasteiger partial charge in [-0.25, -0.2) is 4.98 Å². The molecule has 130 valence electrons. The summed E-state index contributed by atoms with van der Waals surface area (Å²) >= 11 is 0. The maximum atomic E-state index is 11.8. The lowest BCUT2D eigenvalue weighted by molar-refractivity contribution is -0.140. The van der Waals surface area contributed by atoms with Crippen molar-refractivity contribution in [2.45, 2.75) is 26.7 Å². The predicted molar refractivity (Wildman–Crippen MR) is 99.0 cm³/mol. The lowest BCUT2D eigenvalue weighted by atomic mass is 9.98. The van der Waals surface area contributed by atoms with Gasteiger partial charge in [0.2, 0.25) is 0 Å². The highest BCUT2D eigenvalue weighted by atomic mass is 16.5. The average molecular weight is 337 g/mol. The summed E-state index contributed by atoms with van der Waals surface area (Å²) < 4.78 is 7.09. The molecule has 5 nitrogen and oxygen atoms in total. The van der Waals surface area contributed by atoms with E-state index in [4.69, 9.17) is 9.72 Å². The molecule has 3 rings (SSSR count). The Balaban J connectivity index is 2.03. The van der Waals surface area contributed by atoms with Crippen LogP contribution in [0, 0.1) is 6.92 Å². The van der Waals surface area contributed by atoms with Crippen molar-refractivity contribution in [1.82, 2.24) is 9.38 Å². The molecule has 1 atom stereocenters. The first-order valence-corrected chi connectivity index (χ1v) is 8.54. The summed E-state index contributed by atoms with van der Waals surface area (Å²) in [5.74, 6) is 0.673. The number of fused-ring (bicyclic) bond motifs is 1. The largest absolute Gasteiger partial charge is 0.465 e. The molecule has 0 bridgehead atoms. The molecule has 25 heavy (non-hydrogen) atoms. The third-order valence-electron chi connectivity index (χ3n) is 4.28. The summed E-state index contributed by atoms with van der Waals surface area (Å²) in [5.41, 5.74) is 4.03. The van der Waals surface area contributed by atoms with Gasteiger partial charge >= 0.3 is 5.97 Å². The number of anilines is 1. The molecule has 2 heterocycles. The number of hydrogen-bond donors (Lipinski definition) is 1. The first-order chi connectivity index (χ1) is 12.1. The second kappa shape index (κ2) is 7.38. The SMILES string of the molecule is CCOC(=O)CNc1c(C(C)c2ccccc2)nc2cccc(C)n12. The zero-order valence-corrected chi connectivity index (χ0v) is 14.8. The van der Waals surface area contributed by atoms with Crippen molar-refractivity contribution in [3.8, 4) is 0 Å². The van der Waals surface area contributed by atoms with Crippen molar-refractivity contribution in [3.63, 3.8) is 0 Å². The number of aryl methyl sites for hydroxylation is 1. The van der Waals surface area contributed by atoms with Crippen LogP contribution < -0.4 is 5.32 Å². The minimum atomic E-state index is -0.274. The Hall–Kier alpha value is -2.82. The standard InChI is InChI=1S/C20H23N3O2/c1-4-25-18(24)13-21-20-19(15(3)16-10-6-5-7-11-16)22-17-12-8-9-14(2)23(17)20/h5-12,15,21H,4,13H2,1-3H3. The number of pyridine rings is 1. The summed E-state index contributed by atoms with van der Waals surface area (Å²) in [6, 6.07) is 16.2. The maximum Gasteiger partial charge on any atom is 0.325 e. The van der Waals surface area contributed by atoms with Crippen molar-refractivity contribution in [1.29, 1.82) is 0 Å². The average Bonchev–Trinajstić information content (AvgIpc) is 3.00. The van der Waals surface area contributed by atoms with Crippen LogP contribution in [-0.2, 0) is 9.53 Å². The minimum absolute atomic E-state index is 0.102. The zero-order chi connectivity index (χ0) is 17.8. The molecule has 3 aromatic rings. The molecule has 2 aromatic heterocycles. The molecule has 1 aromatic carbocycles. The van der Waals surface area contributed by atoms with Gasteiger partial charge in [-0.3, -0.25) is 9.20 Å². The van der Waals surface area contributed by atoms with E-state index in [1.165, 1.54) is 5.56 Å². The Bertz CT molecular complexity index is 871. The van der Waals surface area contributed by atoms with Gasteiger partial charge in [-0.2, -0.15) is 0 Å². The van der Waals surface area contributed by atoms with Gasteiger partial charge < -0.3 is 10.1 Å². The Labute approximate surface area is 147 Å². The lowest BCUT2D eigenvalue weighted by Crippen LogP contribution is -2.19. The van der Waals surface area contributed by atoms with Gasteiger partial charge in [0.05, 0.1) is 12.3 Å². The van der Waals surface area contributed by atoms with E-state index in [0.717, 1.165) is 22.9 Å². The van der Waals surface area contributed by atoms with E-state index < -0.39 is 0 Å². The second-order valence-electron chi connectivity index (χ2n) is 6.00. The molecule has 0 spiro atoms. The second-order valence-corrected chi connectivity index (χ2v) is 6.00. The first kappa shape index (κ1) is 17.0. The first-order valence-electron chi connectivity index (χ1n) is 8.54. The monoisotopic (exact) mass is 337 g/mol. The summed E-state index contributed by atoms with van der Waals surface area (Å²) in [6.07, 6.45) is 0. The minimum Gasteiger partial charge on any atom is -0.465 e. The maximum absolute atomic E-state index is 11.8. The van der Waals surface area contributed by atoms with Crippen LogP contribution in [0.1, 0.15) is 36.7 Å². The Kier molecular flexibility index (Phi) is 5.03. The molecule has 0 fully saturated rings. The van der Waals surface area contributed by atoms with E-state index in [0.29, 0.717) is 6.61 Å². The molecule has 1 unspecified atom stereocenters. The van der Waals surface area contributed by atoms with Crippen LogP contribution in [0.3, 0.4) is 0 Å². The van der Waals surface area contributed by atoms with E-state index in [-0.39, 0.29) is 18.4 Å². The van der Waals surface area contributed by atoms with Crippen LogP contribution in [0.4, 0.5) is 5.82 Å². The highest BCUT2D eigenvalue weighted by Crippen LogP contribution is 2.31. The molecule has 0 aliphatic rings. The number of nitrogens with one attached hydrogen (secondary N) is 1. The van der Waals surface area contributed by atoms with Crippen LogP contribution in [-0.4, -0.2) is 28.5 Å². The Morgan fingerprint density at radius 1 is 1.20 bits per heavy atom. The van der Waals surface area contributed by atoms with Gasteiger partial charge in [-0.15, -0.1) is 0 Å². The van der Waals surface area contributed by atoms with Crippen molar-refractivity contribution < 1.29 is 9.53 Å². The fraction of sp³-hybridized carbons (Fsp3) is 0.300. The quantitative estimate of drug-likeness (QED) is 0.696. The van der Waals surface area contributed by atoms with Gasteiger partial charge in [0.25, 0.3) is 0 Å². The fourth-order valence-electron chi connectivity index (χ4n) is 3.01. The number of esters is 1. The van der Waals surface area contributed by atoms with Crippen molar-refractivity contribution in [2.75, 3.05) is 18.5 Å². The molecule has 1 N–H and O–H groups in total. The van der Waals surface area contributed by atoms with Gasteiger partial charge in [0.15, 0.2) is 0 Å². The van der Waals surface area contributed by atoms with E-state index >= 15 is 0 Å². The molecule has 0 amide bonds. The number of carbonyl (C=O) groups excluding carboxylic acids is 1. The number of aromatic nitrogens is 2. The molecule has 0 aliphatic heterocycles. The summed E-state index contributed by atoms with van der Waals surface area (Å²) in [5, 5.41) is 3.24. The van der Waals surface area contributed by atoms with Crippen LogP contribution >= 0.6 is 0 Å². The molecular weight excluding hydrogens is 314 g/mol. The normalized spacial score (nSPS) is 12.1. The van der Waals surface area contributed by atoms with E-state index in [1.807, 2.05) is 47.7 Å². The molecule has 0 saturated carbocycles. The van der Waals surface area contributed by atoms with Gasteiger partial charge in [0, 0.05) is 11.6 Å². The highest BCUT2D eigenvalue weighted by molar-refractivity contribution is 5.75. The predicted octanol–water partition coefficient (Wildman–Crippen LogP) is 3.77. The highest BCUT2D eigenvalue weighted by Gasteiger charge is 2.20. The Morgan fingerprint density at radius 2 is 1.96 bits per heavy atom. The Morgan fingerprint density at radius 3 is 2.68 bits per heavy atom. The zero-order valence-electron chi connectivity index (χ0n) is 14.8. The number of rotatable bonds is 6. The van der Waals surface area contributed by atoms with Crippen LogP contribution in [0.15, 0.2) is 48.5 Å². The number of hydrogen-bond acceptors (Lipinski definition) is 4. The summed E-state index contributed by atoms with van der Waals surface area (Å²) in [7, 11) is 0. The van der Waals surface area contributed by atoms with E-state index in [9.17, 15) is 4.79 Å². The van der Waals surface area contributed by atoms with Gasteiger partial charge in [0.1, 0.15) is 18.0 Å². The number of carbonyl (C=O) groups is 1. The number of ether oxygens (including phenoxy) is 1. The lowest BCUT2D eigenvalue weighted by Gasteiger charge is -2.14. The molecule has 0 aliphatic carbocycles. The smallest absolute Gasteiger partial charge is 0.325 e. The molecular formula is C20H23N3O2. The number of benzene rings is 1. The third kappa shape index (κ3) is 3.50.